The van der Waals surface area contributed by atoms with Crippen LogP contribution in [-0.2, 0) is 6.18 Å². The second-order valence-corrected chi connectivity index (χ2v) is 5.15. The topological polar surface area (TPSA) is 7.60 Å². The van der Waals surface area contributed by atoms with Crippen molar-refractivity contribution < 1.29 is 13.2 Å². The van der Waals surface area contributed by atoms with Gasteiger partial charge < -0.3 is 9.74 Å². The van der Waals surface area contributed by atoms with Gasteiger partial charge in [0.25, 0.3) is 0 Å². The summed E-state index contributed by atoms with van der Waals surface area (Å²) in [5, 5.41) is 0. The zero-order chi connectivity index (χ0) is 14.6. The van der Waals surface area contributed by atoms with E-state index in [1.54, 1.807) is 12.1 Å². The van der Waals surface area contributed by atoms with Crippen LogP contribution in [0.25, 0.3) is 4.85 Å². The minimum Gasteiger partial charge on any atom is -0.372 e. The van der Waals surface area contributed by atoms with Crippen LogP contribution in [0.4, 0.5) is 18.9 Å². The zero-order valence-electron chi connectivity index (χ0n) is 11.2. The van der Waals surface area contributed by atoms with Crippen molar-refractivity contribution in [1.82, 2.24) is 0 Å². The lowest BCUT2D eigenvalue weighted by Gasteiger charge is -2.33. The quantitative estimate of drug-likeness (QED) is 0.753. The van der Waals surface area contributed by atoms with Crippen molar-refractivity contribution in [2.75, 3.05) is 24.5 Å². The van der Waals surface area contributed by atoms with Gasteiger partial charge in [-0.05, 0) is 43.0 Å². The van der Waals surface area contributed by atoms with Gasteiger partial charge in [0.05, 0.1) is 5.56 Å². The number of anilines is 1. The van der Waals surface area contributed by atoms with Crippen molar-refractivity contribution in [3.63, 3.8) is 0 Å². The maximum absolute atomic E-state index is 12.5. The molecule has 1 heterocycles. The normalized spacial score (nSPS) is 17.0. The molecule has 1 saturated heterocycles. The molecule has 0 amide bonds. The monoisotopic (exact) mass is 282 g/mol. The van der Waals surface area contributed by atoms with E-state index in [-0.39, 0.29) is 0 Å². The Morgan fingerprint density at radius 1 is 1.15 bits per heavy atom. The third-order valence-corrected chi connectivity index (χ3v) is 3.82. The van der Waals surface area contributed by atoms with Crippen LogP contribution in [0.3, 0.4) is 0 Å². The molecule has 0 unspecified atom stereocenters. The first-order chi connectivity index (χ1) is 9.50. The Labute approximate surface area is 117 Å². The molecule has 0 aromatic heterocycles. The summed E-state index contributed by atoms with van der Waals surface area (Å²) in [6.07, 6.45) is -1.32. The smallest absolute Gasteiger partial charge is 0.372 e. The zero-order valence-corrected chi connectivity index (χ0v) is 11.2. The van der Waals surface area contributed by atoms with E-state index >= 15 is 0 Å². The Bertz CT molecular complexity index is 465. The highest BCUT2D eigenvalue weighted by molar-refractivity contribution is 5.48. The largest absolute Gasteiger partial charge is 0.416 e. The molecule has 0 aliphatic carbocycles. The highest BCUT2D eigenvalue weighted by atomic mass is 19.4. The van der Waals surface area contributed by atoms with Gasteiger partial charge in [-0.15, -0.1) is 0 Å². The van der Waals surface area contributed by atoms with E-state index in [4.69, 9.17) is 6.57 Å². The van der Waals surface area contributed by atoms with Gasteiger partial charge in [-0.25, -0.2) is 6.57 Å². The third-order valence-electron chi connectivity index (χ3n) is 3.82. The molecule has 0 saturated carbocycles. The van der Waals surface area contributed by atoms with Gasteiger partial charge in [0, 0.05) is 25.2 Å². The van der Waals surface area contributed by atoms with E-state index in [9.17, 15) is 13.2 Å². The fourth-order valence-corrected chi connectivity index (χ4v) is 2.59. The standard InChI is InChI=1S/C15H17F3N2/c1-19-9-6-12-7-10-20(11-8-12)14-4-2-13(3-5-14)15(16,17)18/h2-5,12H,6-11H2. The SMILES string of the molecule is [C-]#[N+]CCC1CCN(c2ccc(C(F)(F)F)cc2)CC1. The van der Waals surface area contributed by atoms with Crippen LogP contribution in [-0.4, -0.2) is 19.6 Å². The fourth-order valence-electron chi connectivity index (χ4n) is 2.59. The lowest BCUT2D eigenvalue weighted by atomic mass is 9.93. The Morgan fingerprint density at radius 2 is 1.75 bits per heavy atom. The van der Waals surface area contributed by atoms with Gasteiger partial charge in [0.15, 0.2) is 0 Å². The minimum absolute atomic E-state index is 0.574. The third kappa shape index (κ3) is 3.66. The van der Waals surface area contributed by atoms with Crippen LogP contribution in [0.1, 0.15) is 24.8 Å². The molecule has 2 rings (SSSR count). The predicted octanol–water partition coefficient (Wildman–Crippen LogP) is 4.23. The molecule has 0 spiro atoms. The van der Waals surface area contributed by atoms with Crippen molar-refractivity contribution in [2.24, 2.45) is 5.92 Å². The summed E-state index contributed by atoms with van der Waals surface area (Å²) in [7, 11) is 0. The molecule has 20 heavy (non-hydrogen) atoms. The molecule has 108 valence electrons. The molecule has 0 atom stereocenters. The van der Waals surface area contributed by atoms with Gasteiger partial charge in [0.1, 0.15) is 0 Å². The summed E-state index contributed by atoms with van der Waals surface area (Å²) in [4.78, 5) is 5.49. The number of alkyl halides is 3. The van der Waals surface area contributed by atoms with Crippen molar-refractivity contribution in [1.29, 1.82) is 0 Å². The fraction of sp³-hybridized carbons (Fsp3) is 0.533. The van der Waals surface area contributed by atoms with E-state index in [1.807, 2.05) is 0 Å². The van der Waals surface area contributed by atoms with Crippen molar-refractivity contribution >= 4 is 5.69 Å². The number of hydrogen-bond acceptors (Lipinski definition) is 1. The molecule has 1 aliphatic heterocycles. The average Bonchev–Trinajstić information content (AvgIpc) is 2.45. The average molecular weight is 282 g/mol. The maximum Gasteiger partial charge on any atom is 0.416 e. The van der Waals surface area contributed by atoms with Gasteiger partial charge in [0.2, 0.25) is 6.54 Å². The summed E-state index contributed by atoms with van der Waals surface area (Å²) in [6, 6.07) is 5.37. The first kappa shape index (κ1) is 14.7. The second-order valence-electron chi connectivity index (χ2n) is 5.15. The molecule has 1 aromatic carbocycles. The molecule has 5 heteroatoms. The molecule has 0 N–H and O–H groups in total. The van der Waals surface area contributed by atoms with E-state index < -0.39 is 11.7 Å². The molecular weight excluding hydrogens is 265 g/mol. The molecular formula is C15H17F3N2. The number of nitrogens with zero attached hydrogens (tertiary/aromatic N) is 2. The number of piperidine rings is 1. The molecule has 1 aromatic rings. The highest BCUT2D eigenvalue weighted by Gasteiger charge is 2.30. The number of rotatable bonds is 3. The Balaban J connectivity index is 1.92. The number of benzene rings is 1. The highest BCUT2D eigenvalue weighted by Crippen LogP contribution is 2.31. The molecule has 1 aliphatic rings. The van der Waals surface area contributed by atoms with Crippen LogP contribution >= 0.6 is 0 Å². The van der Waals surface area contributed by atoms with E-state index in [0.717, 1.165) is 50.2 Å². The van der Waals surface area contributed by atoms with Crippen molar-refractivity contribution in [3.05, 3.63) is 41.2 Å². The maximum atomic E-state index is 12.5. The second kappa shape index (κ2) is 6.17. The van der Waals surface area contributed by atoms with Gasteiger partial charge in [-0.3, -0.25) is 0 Å². The van der Waals surface area contributed by atoms with E-state index in [2.05, 4.69) is 9.74 Å². The molecule has 0 bridgehead atoms. The minimum atomic E-state index is -4.27. The number of hydrogen-bond donors (Lipinski definition) is 0. The summed E-state index contributed by atoms with van der Waals surface area (Å²) < 4.78 is 37.5. The van der Waals surface area contributed by atoms with E-state index in [0.29, 0.717) is 12.5 Å². The molecule has 2 nitrogen and oxygen atoms in total. The van der Waals surface area contributed by atoms with Crippen LogP contribution in [0.15, 0.2) is 24.3 Å². The first-order valence-electron chi connectivity index (χ1n) is 6.76. The summed E-state index contributed by atoms with van der Waals surface area (Å²) in [6.45, 7) is 9.07. The van der Waals surface area contributed by atoms with Crippen LogP contribution in [0.5, 0.6) is 0 Å². The first-order valence-corrected chi connectivity index (χ1v) is 6.76. The summed E-state index contributed by atoms with van der Waals surface area (Å²) >= 11 is 0. The lowest BCUT2D eigenvalue weighted by Crippen LogP contribution is -2.33. The molecule has 0 radical (unpaired) electrons. The Kier molecular flexibility index (Phi) is 4.53. The van der Waals surface area contributed by atoms with Gasteiger partial charge in [-0.1, -0.05) is 0 Å². The summed E-state index contributed by atoms with van der Waals surface area (Å²) in [5.74, 6) is 0.579. The predicted molar refractivity (Wildman–Crippen MR) is 72.5 cm³/mol. The Hall–Kier alpha value is -1.70. The number of halogens is 3. The van der Waals surface area contributed by atoms with Gasteiger partial charge in [-0.2, -0.15) is 13.2 Å². The van der Waals surface area contributed by atoms with Crippen LogP contribution in [0, 0.1) is 12.5 Å². The molecule has 1 fully saturated rings. The van der Waals surface area contributed by atoms with Crippen molar-refractivity contribution in [3.8, 4) is 0 Å². The van der Waals surface area contributed by atoms with Crippen LogP contribution < -0.4 is 4.90 Å². The lowest BCUT2D eigenvalue weighted by molar-refractivity contribution is -0.137. The van der Waals surface area contributed by atoms with Crippen LogP contribution in [0.2, 0.25) is 0 Å². The van der Waals surface area contributed by atoms with Crippen molar-refractivity contribution in [2.45, 2.75) is 25.4 Å². The van der Waals surface area contributed by atoms with Gasteiger partial charge >= 0.3 is 6.18 Å². The Morgan fingerprint density at radius 3 is 2.25 bits per heavy atom. The van der Waals surface area contributed by atoms with E-state index in [1.165, 1.54) is 0 Å². The summed E-state index contributed by atoms with van der Waals surface area (Å²) in [5.41, 5.74) is 0.245.